The van der Waals surface area contributed by atoms with E-state index in [1.807, 2.05) is 13.8 Å². The standard InChI is InChI=1S/C12H19N3O2/c1-8(2)17-9-6-5-7-14-10(9)15-12(3,4)11(13)16/h5-8H,1-4H3,(H2,13,16)(H,14,15). The van der Waals surface area contributed by atoms with E-state index in [0.29, 0.717) is 11.6 Å². The van der Waals surface area contributed by atoms with Gasteiger partial charge in [0, 0.05) is 6.20 Å². The highest BCUT2D eigenvalue weighted by atomic mass is 16.5. The van der Waals surface area contributed by atoms with Crippen molar-refractivity contribution >= 4 is 11.7 Å². The maximum atomic E-state index is 11.3. The fourth-order valence-electron chi connectivity index (χ4n) is 1.19. The van der Waals surface area contributed by atoms with Gasteiger partial charge in [0.05, 0.1) is 6.10 Å². The summed E-state index contributed by atoms with van der Waals surface area (Å²) in [5.74, 6) is 0.681. The van der Waals surface area contributed by atoms with Crippen molar-refractivity contribution in [2.45, 2.75) is 39.3 Å². The van der Waals surface area contributed by atoms with Gasteiger partial charge >= 0.3 is 0 Å². The van der Waals surface area contributed by atoms with Gasteiger partial charge in [0.25, 0.3) is 0 Å². The summed E-state index contributed by atoms with van der Waals surface area (Å²) in [6.07, 6.45) is 1.67. The molecule has 94 valence electrons. The molecule has 3 N–H and O–H groups in total. The second-order valence-corrected chi connectivity index (χ2v) is 4.63. The highest BCUT2D eigenvalue weighted by molar-refractivity contribution is 5.87. The van der Waals surface area contributed by atoms with E-state index in [9.17, 15) is 4.79 Å². The third-order valence-electron chi connectivity index (χ3n) is 2.18. The number of hydrogen-bond acceptors (Lipinski definition) is 4. The number of carbonyl (C=O) groups is 1. The molecule has 0 fully saturated rings. The Morgan fingerprint density at radius 1 is 1.53 bits per heavy atom. The topological polar surface area (TPSA) is 77.2 Å². The van der Waals surface area contributed by atoms with Crippen LogP contribution in [-0.4, -0.2) is 22.5 Å². The van der Waals surface area contributed by atoms with Crippen LogP contribution in [0.2, 0.25) is 0 Å². The van der Waals surface area contributed by atoms with Crippen LogP contribution in [0.3, 0.4) is 0 Å². The number of primary amides is 1. The summed E-state index contributed by atoms with van der Waals surface area (Å²) in [6, 6.07) is 3.58. The molecule has 0 aliphatic rings. The van der Waals surface area contributed by atoms with Crippen molar-refractivity contribution in [3.05, 3.63) is 18.3 Å². The van der Waals surface area contributed by atoms with Crippen LogP contribution in [-0.2, 0) is 4.79 Å². The minimum atomic E-state index is -0.872. The average Bonchev–Trinajstić information content (AvgIpc) is 2.19. The van der Waals surface area contributed by atoms with E-state index in [2.05, 4.69) is 10.3 Å². The Balaban J connectivity index is 2.94. The average molecular weight is 237 g/mol. The minimum Gasteiger partial charge on any atom is -0.487 e. The molecular weight excluding hydrogens is 218 g/mol. The summed E-state index contributed by atoms with van der Waals surface area (Å²) >= 11 is 0. The fourth-order valence-corrected chi connectivity index (χ4v) is 1.19. The lowest BCUT2D eigenvalue weighted by molar-refractivity contribution is -0.121. The van der Waals surface area contributed by atoms with Crippen molar-refractivity contribution in [1.29, 1.82) is 0 Å². The predicted molar refractivity (Wildman–Crippen MR) is 66.9 cm³/mol. The monoisotopic (exact) mass is 237 g/mol. The molecule has 0 unspecified atom stereocenters. The Morgan fingerprint density at radius 2 is 2.18 bits per heavy atom. The van der Waals surface area contributed by atoms with Gasteiger partial charge in [-0.1, -0.05) is 0 Å². The smallest absolute Gasteiger partial charge is 0.242 e. The second-order valence-electron chi connectivity index (χ2n) is 4.63. The van der Waals surface area contributed by atoms with Crippen molar-refractivity contribution in [1.82, 2.24) is 4.98 Å². The van der Waals surface area contributed by atoms with Gasteiger partial charge in [-0.05, 0) is 39.8 Å². The van der Waals surface area contributed by atoms with Crippen LogP contribution in [0.25, 0.3) is 0 Å². The number of rotatable bonds is 5. The first-order valence-corrected chi connectivity index (χ1v) is 5.52. The van der Waals surface area contributed by atoms with Crippen molar-refractivity contribution in [2.24, 2.45) is 5.73 Å². The number of nitrogens with zero attached hydrogens (tertiary/aromatic N) is 1. The molecule has 0 aliphatic heterocycles. The normalized spacial score (nSPS) is 11.4. The summed E-state index contributed by atoms with van der Waals surface area (Å²) < 4.78 is 5.59. The highest BCUT2D eigenvalue weighted by Crippen LogP contribution is 2.25. The SMILES string of the molecule is CC(C)Oc1cccnc1NC(C)(C)C(N)=O. The van der Waals surface area contributed by atoms with E-state index in [0.717, 1.165) is 0 Å². The van der Waals surface area contributed by atoms with Crippen LogP contribution in [0, 0.1) is 0 Å². The zero-order valence-electron chi connectivity index (χ0n) is 10.7. The van der Waals surface area contributed by atoms with Crippen molar-refractivity contribution < 1.29 is 9.53 Å². The fraction of sp³-hybridized carbons (Fsp3) is 0.500. The first-order valence-electron chi connectivity index (χ1n) is 5.52. The van der Waals surface area contributed by atoms with Crippen LogP contribution in [0.15, 0.2) is 18.3 Å². The number of amides is 1. The first-order chi connectivity index (χ1) is 7.83. The summed E-state index contributed by atoms with van der Waals surface area (Å²) in [5, 5.41) is 2.98. The Morgan fingerprint density at radius 3 is 2.71 bits per heavy atom. The van der Waals surface area contributed by atoms with E-state index < -0.39 is 11.4 Å². The highest BCUT2D eigenvalue weighted by Gasteiger charge is 2.26. The van der Waals surface area contributed by atoms with Crippen LogP contribution in [0.1, 0.15) is 27.7 Å². The first kappa shape index (κ1) is 13.3. The number of nitrogens with two attached hydrogens (primary N) is 1. The second kappa shape index (κ2) is 5.03. The molecule has 0 radical (unpaired) electrons. The van der Waals surface area contributed by atoms with E-state index in [1.54, 1.807) is 32.2 Å². The summed E-state index contributed by atoms with van der Waals surface area (Å²) in [4.78, 5) is 15.4. The number of ether oxygens (including phenoxy) is 1. The predicted octanol–water partition coefficient (Wildman–Crippen LogP) is 1.54. The van der Waals surface area contributed by atoms with Gasteiger partial charge in [-0.15, -0.1) is 0 Å². The lowest BCUT2D eigenvalue weighted by atomic mass is 10.1. The van der Waals surface area contributed by atoms with Gasteiger partial charge in [-0.2, -0.15) is 0 Å². The molecule has 5 nitrogen and oxygen atoms in total. The van der Waals surface area contributed by atoms with Crippen molar-refractivity contribution in [3.63, 3.8) is 0 Å². The third-order valence-corrected chi connectivity index (χ3v) is 2.18. The largest absolute Gasteiger partial charge is 0.487 e. The summed E-state index contributed by atoms with van der Waals surface area (Å²) in [7, 11) is 0. The summed E-state index contributed by atoms with van der Waals surface area (Å²) in [6.45, 7) is 7.25. The molecule has 1 aromatic rings. The van der Waals surface area contributed by atoms with Gasteiger partial charge in [0.15, 0.2) is 11.6 Å². The molecule has 1 rings (SSSR count). The molecule has 1 amide bonds. The Labute approximate surface area is 101 Å². The van der Waals surface area contributed by atoms with E-state index in [1.165, 1.54) is 0 Å². The number of anilines is 1. The Hall–Kier alpha value is -1.78. The zero-order valence-corrected chi connectivity index (χ0v) is 10.7. The molecular formula is C12H19N3O2. The number of nitrogens with one attached hydrogen (secondary N) is 1. The molecule has 5 heteroatoms. The quantitative estimate of drug-likeness (QED) is 0.814. The number of pyridine rings is 1. The van der Waals surface area contributed by atoms with E-state index >= 15 is 0 Å². The van der Waals surface area contributed by atoms with Crippen LogP contribution < -0.4 is 15.8 Å². The number of aromatic nitrogens is 1. The van der Waals surface area contributed by atoms with Gasteiger partial charge in [0.1, 0.15) is 5.54 Å². The molecule has 0 saturated heterocycles. The van der Waals surface area contributed by atoms with Crippen molar-refractivity contribution in [3.8, 4) is 5.75 Å². The lowest BCUT2D eigenvalue weighted by Gasteiger charge is -2.24. The maximum absolute atomic E-state index is 11.3. The van der Waals surface area contributed by atoms with Gasteiger partial charge in [-0.25, -0.2) is 4.98 Å². The molecule has 0 saturated carbocycles. The van der Waals surface area contributed by atoms with Gasteiger partial charge in [-0.3, -0.25) is 4.79 Å². The lowest BCUT2D eigenvalue weighted by Crippen LogP contribution is -2.45. The van der Waals surface area contributed by atoms with Gasteiger partial charge < -0.3 is 15.8 Å². The molecule has 0 aromatic carbocycles. The summed E-state index contributed by atoms with van der Waals surface area (Å²) in [5.41, 5.74) is 4.43. The van der Waals surface area contributed by atoms with Gasteiger partial charge in [0.2, 0.25) is 5.91 Å². The molecule has 0 atom stereocenters. The Kier molecular flexibility index (Phi) is 3.93. The maximum Gasteiger partial charge on any atom is 0.242 e. The molecule has 17 heavy (non-hydrogen) atoms. The van der Waals surface area contributed by atoms with E-state index in [4.69, 9.17) is 10.5 Å². The molecule has 0 spiro atoms. The van der Waals surface area contributed by atoms with Crippen LogP contribution in [0.4, 0.5) is 5.82 Å². The van der Waals surface area contributed by atoms with E-state index in [-0.39, 0.29) is 6.10 Å². The van der Waals surface area contributed by atoms with Crippen molar-refractivity contribution in [2.75, 3.05) is 5.32 Å². The molecule has 1 aromatic heterocycles. The number of carbonyl (C=O) groups excluding carboxylic acids is 1. The van der Waals surface area contributed by atoms with Crippen LogP contribution >= 0.6 is 0 Å². The Bertz CT molecular complexity index is 402. The third kappa shape index (κ3) is 3.62. The molecule has 1 heterocycles. The van der Waals surface area contributed by atoms with Crippen LogP contribution in [0.5, 0.6) is 5.75 Å². The minimum absolute atomic E-state index is 0.0384. The molecule has 0 aliphatic carbocycles. The molecule has 0 bridgehead atoms. The zero-order chi connectivity index (χ0) is 13.1. The number of hydrogen-bond donors (Lipinski definition) is 2.